The van der Waals surface area contributed by atoms with Crippen molar-refractivity contribution in [2.75, 3.05) is 20.8 Å². The molecule has 1 atom stereocenters. The van der Waals surface area contributed by atoms with Crippen LogP contribution in [0.15, 0.2) is 24.3 Å². The highest BCUT2D eigenvalue weighted by molar-refractivity contribution is 5.29. The van der Waals surface area contributed by atoms with Gasteiger partial charge in [0, 0.05) is 19.7 Å². The Morgan fingerprint density at radius 3 is 2.83 bits per heavy atom. The SMILES string of the molecule is COc1cccc(C(O)CNC2CC(OC)C2)c1. The van der Waals surface area contributed by atoms with Crippen molar-refractivity contribution in [2.24, 2.45) is 0 Å². The van der Waals surface area contributed by atoms with Crippen molar-refractivity contribution in [1.29, 1.82) is 0 Å². The van der Waals surface area contributed by atoms with E-state index in [9.17, 15) is 5.11 Å². The molecule has 2 rings (SSSR count). The molecular formula is C14H21NO3. The first-order valence-electron chi connectivity index (χ1n) is 6.31. The predicted molar refractivity (Wildman–Crippen MR) is 69.8 cm³/mol. The van der Waals surface area contributed by atoms with Crippen LogP contribution in [0.5, 0.6) is 5.75 Å². The zero-order valence-electron chi connectivity index (χ0n) is 10.9. The van der Waals surface area contributed by atoms with E-state index in [1.165, 1.54) is 0 Å². The van der Waals surface area contributed by atoms with Gasteiger partial charge in [0.15, 0.2) is 0 Å². The number of benzene rings is 1. The summed E-state index contributed by atoms with van der Waals surface area (Å²) in [4.78, 5) is 0. The van der Waals surface area contributed by atoms with E-state index in [-0.39, 0.29) is 0 Å². The first kappa shape index (κ1) is 13.3. The molecule has 0 saturated heterocycles. The van der Waals surface area contributed by atoms with Crippen LogP contribution in [0.4, 0.5) is 0 Å². The Morgan fingerprint density at radius 2 is 2.17 bits per heavy atom. The summed E-state index contributed by atoms with van der Waals surface area (Å²) in [6, 6.07) is 8.01. The molecule has 1 unspecified atom stereocenters. The minimum atomic E-state index is -0.498. The zero-order valence-corrected chi connectivity index (χ0v) is 10.9. The molecule has 1 fully saturated rings. The maximum atomic E-state index is 10.1. The smallest absolute Gasteiger partial charge is 0.119 e. The standard InChI is InChI=1S/C14H21NO3/c1-17-12-5-3-4-10(6-12)14(16)9-15-11-7-13(8-11)18-2/h3-6,11,13-16H,7-9H2,1-2H3. The van der Waals surface area contributed by atoms with Crippen molar-refractivity contribution >= 4 is 0 Å². The van der Waals surface area contributed by atoms with Crippen molar-refractivity contribution in [3.63, 3.8) is 0 Å². The Kier molecular flexibility index (Phi) is 4.58. The van der Waals surface area contributed by atoms with Crippen LogP contribution in [0, 0.1) is 0 Å². The maximum Gasteiger partial charge on any atom is 0.119 e. The molecule has 0 bridgehead atoms. The number of hydrogen-bond acceptors (Lipinski definition) is 4. The van der Waals surface area contributed by atoms with E-state index in [4.69, 9.17) is 9.47 Å². The first-order chi connectivity index (χ1) is 8.72. The van der Waals surface area contributed by atoms with E-state index in [1.807, 2.05) is 24.3 Å². The van der Waals surface area contributed by atoms with E-state index in [0.717, 1.165) is 24.2 Å². The number of ether oxygens (including phenoxy) is 2. The molecule has 1 saturated carbocycles. The molecule has 100 valence electrons. The van der Waals surface area contributed by atoms with Crippen LogP contribution in [0.1, 0.15) is 24.5 Å². The summed E-state index contributed by atoms with van der Waals surface area (Å²) in [5, 5.41) is 13.4. The van der Waals surface area contributed by atoms with Gasteiger partial charge >= 0.3 is 0 Å². The van der Waals surface area contributed by atoms with Gasteiger partial charge in [-0.3, -0.25) is 0 Å². The van der Waals surface area contributed by atoms with Gasteiger partial charge < -0.3 is 19.9 Å². The van der Waals surface area contributed by atoms with Gasteiger partial charge in [-0.05, 0) is 30.5 Å². The number of rotatable bonds is 6. The van der Waals surface area contributed by atoms with E-state index < -0.39 is 6.10 Å². The number of methoxy groups -OCH3 is 2. The van der Waals surface area contributed by atoms with Crippen molar-refractivity contribution in [3.05, 3.63) is 29.8 Å². The van der Waals surface area contributed by atoms with Crippen LogP contribution in [0.2, 0.25) is 0 Å². The van der Waals surface area contributed by atoms with Crippen LogP contribution in [0.25, 0.3) is 0 Å². The minimum absolute atomic E-state index is 0.386. The topological polar surface area (TPSA) is 50.7 Å². The fourth-order valence-corrected chi connectivity index (χ4v) is 2.17. The van der Waals surface area contributed by atoms with Crippen molar-refractivity contribution in [2.45, 2.75) is 31.1 Å². The van der Waals surface area contributed by atoms with Gasteiger partial charge in [-0.1, -0.05) is 12.1 Å². The minimum Gasteiger partial charge on any atom is -0.497 e. The summed E-state index contributed by atoms with van der Waals surface area (Å²) in [5.41, 5.74) is 0.879. The molecule has 1 aromatic rings. The van der Waals surface area contributed by atoms with Crippen LogP contribution in [-0.2, 0) is 4.74 Å². The summed E-state index contributed by atoms with van der Waals surface area (Å²) in [7, 11) is 3.37. The molecule has 4 nitrogen and oxygen atoms in total. The fraction of sp³-hybridized carbons (Fsp3) is 0.571. The Labute approximate surface area is 108 Å². The van der Waals surface area contributed by atoms with E-state index in [1.54, 1.807) is 14.2 Å². The summed E-state index contributed by atoms with van der Waals surface area (Å²) < 4.78 is 10.4. The third-order valence-corrected chi connectivity index (χ3v) is 3.51. The molecule has 18 heavy (non-hydrogen) atoms. The van der Waals surface area contributed by atoms with Gasteiger partial charge in [0.2, 0.25) is 0 Å². The second-order valence-electron chi connectivity index (χ2n) is 4.73. The second kappa shape index (κ2) is 6.18. The maximum absolute atomic E-state index is 10.1. The molecule has 0 aliphatic heterocycles. The van der Waals surface area contributed by atoms with Gasteiger partial charge in [0.1, 0.15) is 5.75 Å². The number of nitrogens with one attached hydrogen (secondary N) is 1. The van der Waals surface area contributed by atoms with Crippen molar-refractivity contribution < 1.29 is 14.6 Å². The Bertz CT molecular complexity index is 377. The van der Waals surface area contributed by atoms with Gasteiger partial charge in [-0.2, -0.15) is 0 Å². The lowest BCUT2D eigenvalue weighted by atomic mass is 9.89. The molecule has 0 radical (unpaired) electrons. The van der Waals surface area contributed by atoms with Crippen molar-refractivity contribution in [1.82, 2.24) is 5.32 Å². The highest BCUT2D eigenvalue weighted by Crippen LogP contribution is 2.24. The number of aliphatic hydroxyl groups is 1. The molecule has 0 aromatic heterocycles. The summed E-state index contributed by atoms with van der Waals surface area (Å²) in [5.74, 6) is 0.773. The van der Waals surface area contributed by atoms with Gasteiger partial charge in [0.25, 0.3) is 0 Å². The molecule has 2 N–H and O–H groups in total. The monoisotopic (exact) mass is 251 g/mol. The van der Waals surface area contributed by atoms with Crippen LogP contribution in [-0.4, -0.2) is 38.0 Å². The summed E-state index contributed by atoms with van der Waals surface area (Å²) in [6.07, 6.45) is 1.95. The molecule has 0 spiro atoms. The first-order valence-corrected chi connectivity index (χ1v) is 6.31. The lowest BCUT2D eigenvalue weighted by Crippen LogP contribution is -2.46. The van der Waals surface area contributed by atoms with E-state index in [2.05, 4.69) is 5.32 Å². The van der Waals surface area contributed by atoms with Gasteiger partial charge in [-0.15, -0.1) is 0 Å². The van der Waals surface area contributed by atoms with Crippen LogP contribution >= 0.6 is 0 Å². The molecule has 0 amide bonds. The third-order valence-electron chi connectivity index (χ3n) is 3.51. The van der Waals surface area contributed by atoms with Crippen LogP contribution in [0.3, 0.4) is 0 Å². The molecular weight excluding hydrogens is 230 g/mol. The number of aliphatic hydroxyl groups excluding tert-OH is 1. The molecule has 4 heteroatoms. The number of hydrogen-bond donors (Lipinski definition) is 2. The molecule has 1 aromatic carbocycles. The molecule has 1 aliphatic carbocycles. The predicted octanol–water partition coefficient (Wildman–Crippen LogP) is 1.50. The highest BCUT2D eigenvalue weighted by Gasteiger charge is 2.28. The lowest BCUT2D eigenvalue weighted by molar-refractivity contribution is 0.0137. The second-order valence-corrected chi connectivity index (χ2v) is 4.73. The normalized spacial score (nSPS) is 24.4. The molecule has 0 heterocycles. The fourth-order valence-electron chi connectivity index (χ4n) is 2.17. The Hall–Kier alpha value is -1.10. The van der Waals surface area contributed by atoms with Gasteiger partial charge in [-0.25, -0.2) is 0 Å². The lowest BCUT2D eigenvalue weighted by Gasteiger charge is -2.35. The molecule has 1 aliphatic rings. The average Bonchev–Trinajstić information content (AvgIpc) is 2.37. The summed E-state index contributed by atoms with van der Waals surface area (Å²) >= 11 is 0. The van der Waals surface area contributed by atoms with Crippen molar-refractivity contribution in [3.8, 4) is 5.75 Å². The quantitative estimate of drug-likeness (QED) is 0.804. The third kappa shape index (κ3) is 3.22. The zero-order chi connectivity index (χ0) is 13.0. The summed E-state index contributed by atoms with van der Waals surface area (Å²) in [6.45, 7) is 0.564. The van der Waals surface area contributed by atoms with E-state index >= 15 is 0 Å². The van der Waals surface area contributed by atoms with E-state index in [0.29, 0.717) is 18.7 Å². The Balaban J connectivity index is 1.79. The Morgan fingerprint density at radius 1 is 1.39 bits per heavy atom. The van der Waals surface area contributed by atoms with Crippen LogP contribution < -0.4 is 10.1 Å². The largest absolute Gasteiger partial charge is 0.497 e. The average molecular weight is 251 g/mol. The van der Waals surface area contributed by atoms with Gasteiger partial charge in [0.05, 0.1) is 19.3 Å². The highest BCUT2D eigenvalue weighted by atomic mass is 16.5.